The van der Waals surface area contributed by atoms with Crippen molar-refractivity contribution in [1.82, 2.24) is 29.8 Å². The smallest absolute Gasteiger partial charge is 0.162 e. The molecular formula is C26H28FN7. The van der Waals surface area contributed by atoms with Gasteiger partial charge in [-0.1, -0.05) is 0 Å². The van der Waals surface area contributed by atoms with Crippen molar-refractivity contribution < 1.29 is 4.39 Å². The van der Waals surface area contributed by atoms with E-state index in [2.05, 4.69) is 31.4 Å². The summed E-state index contributed by atoms with van der Waals surface area (Å²) in [7, 11) is 0. The minimum atomic E-state index is -0.238. The summed E-state index contributed by atoms with van der Waals surface area (Å²) in [6.07, 6.45) is 11.3. The monoisotopic (exact) mass is 457 g/mol. The number of piperazine rings is 1. The Kier molecular flexibility index (Phi) is 4.60. The van der Waals surface area contributed by atoms with Crippen molar-refractivity contribution in [2.24, 2.45) is 0 Å². The molecule has 1 N–H and O–H groups in total. The molecule has 0 saturated carbocycles. The van der Waals surface area contributed by atoms with Crippen LogP contribution in [0.1, 0.15) is 24.8 Å². The predicted molar refractivity (Wildman–Crippen MR) is 131 cm³/mol. The molecule has 1 aromatic carbocycles. The van der Waals surface area contributed by atoms with Crippen LogP contribution in [-0.2, 0) is 0 Å². The van der Waals surface area contributed by atoms with Crippen LogP contribution in [0.25, 0.3) is 27.7 Å². The summed E-state index contributed by atoms with van der Waals surface area (Å²) >= 11 is 0. The fourth-order valence-corrected chi connectivity index (χ4v) is 6.22. The number of anilines is 1. The van der Waals surface area contributed by atoms with Gasteiger partial charge in [0.25, 0.3) is 0 Å². The summed E-state index contributed by atoms with van der Waals surface area (Å²) in [6, 6.07) is 7.47. The van der Waals surface area contributed by atoms with Gasteiger partial charge in [0, 0.05) is 67.5 Å². The molecule has 174 valence electrons. The molecule has 0 radical (unpaired) electrons. The molecule has 6 heterocycles. The average Bonchev–Trinajstić information content (AvgIpc) is 3.60. The average molecular weight is 458 g/mol. The van der Waals surface area contributed by atoms with E-state index in [0.717, 1.165) is 53.5 Å². The zero-order valence-corrected chi connectivity index (χ0v) is 19.3. The lowest BCUT2D eigenvalue weighted by Gasteiger charge is -2.41. The number of benzene rings is 1. The summed E-state index contributed by atoms with van der Waals surface area (Å²) in [5.74, 6) is -0.238. The van der Waals surface area contributed by atoms with Gasteiger partial charge in [-0.3, -0.25) is 9.88 Å². The van der Waals surface area contributed by atoms with Gasteiger partial charge in [0.05, 0.1) is 29.8 Å². The van der Waals surface area contributed by atoms with Gasteiger partial charge in [0.15, 0.2) is 5.65 Å². The standard InChI is InChI=1S/C26H28FN7/c1-16-8-22-21(2-5-28-25(22)10-24(16)27)23-13-31-34-15-20(12-30-26(23)34)32-6-3-18(4-7-32)33-14-17-9-19(33)11-29-17/h2,5,8,10,12-13,15,17-19,29H,3-4,6-7,9,11,14H2,1H3/t17-,19-/m1/s1. The lowest BCUT2D eigenvalue weighted by atomic mass is 10.0. The number of aryl methyl sites for hydroxylation is 1. The van der Waals surface area contributed by atoms with Crippen molar-refractivity contribution in [3.8, 4) is 11.1 Å². The molecule has 4 aromatic rings. The van der Waals surface area contributed by atoms with E-state index in [-0.39, 0.29) is 5.82 Å². The molecule has 3 aliphatic rings. The summed E-state index contributed by atoms with van der Waals surface area (Å²) in [6.45, 7) is 6.25. The van der Waals surface area contributed by atoms with E-state index < -0.39 is 0 Å². The number of rotatable bonds is 3. The van der Waals surface area contributed by atoms with Crippen molar-refractivity contribution in [2.45, 2.75) is 44.3 Å². The molecule has 3 fully saturated rings. The fourth-order valence-electron chi connectivity index (χ4n) is 6.22. The van der Waals surface area contributed by atoms with Crippen LogP contribution in [0.2, 0.25) is 0 Å². The lowest BCUT2D eigenvalue weighted by Crippen LogP contribution is -2.52. The van der Waals surface area contributed by atoms with Gasteiger partial charge >= 0.3 is 0 Å². The van der Waals surface area contributed by atoms with Crippen LogP contribution >= 0.6 is 0 Å². The number of likely N-dealkylation sites (tertiary alicyclic amines) is 1. The number of nitrogens with zero attached hydrogens (tertiary/aromatic N) is 6. The van der Waals surface area contributed by atoms with Crippen LogP contribution in [0.3, 0.4) is 0 Å². The van der Waals surface area contributed by atoms with Gasteiger partial charge in [-0.2, -0.15) is 5.10 Å². The Balaban J connectivity index is 1.15. The number of piperidine rings is 1. The van der Waals surface area contributed by atoms with Gasteiger partial charge in [0.2, 0.25) is 0 Å². The zero-order valence-electron chi connectivity index (χ0n) is 19.3. The van der Waals surface area contributed by atoms with Crippen LogP contribution in [0, 0.1) is 12.7 Å². The van der Waals surface area contributed by atoms with Crippen LogP contribution in [0.5, 0.6) is 0 Å². The second-order valence-electron chi connectivity index (χ2n) is 10.0. The quantitative estimate of drug-likeness (QED) is 0.509. The number of halogens is 1. The summed E-state index contributed by atoms with van der Waals surface area (Å²) < 4.78 is 15.9. The first kappa shape index (κ1) is 20.3. The molecule has 3 aliphatic heterocycles. The molecule has 3 aromatic heterocycles. The lowest BCUT2D eigenvalue weighted by molar-refractivity contribution is 0.137. The van der Waals surface area contributed by atoms with Gasteiger partial charge in [-0.05, 0) is 49.4 Å². The van der Waals surface area contributed by atoms with Crippen LogP contribution < -0.4 is 10.2 Å². The summed E-state index contributed by atoms with van der Waals surface area (Å²) in [5, 5.41) is 9.15. The Labute approximate surface area is 197 Å². The van der Waals surface area contributed by atoms with Crippen LogP contribution in [-0.4, -0.2) is 68.8 Å². The predicted octanol–water partition coefficient (Wildman–Crippen LogP) is 3.41. The third-order valence-electron chi connectivity index (χ3n) is 8.05. The second kappa shape index (κ2) is 7.71. The normalized spacial score (nSPS) is 23.5. The molecule has 0 spiro atoms. The van der Waals surface area contributed by atoms with Gasteiger partial charge in [0.1, 0.15) is 5.82 Å². The molecule has 0 amide bonds. The highest BCUT2D eigenvalue weighted by atomic mass is 19.1. The minimum absolute atomic E-state index is 0.238. The number of hydrogen-bond acceptors (Lipinski definition) is 6. The third kappa shape index (κ3) is 3.20. The van der Waals surface area contributed by atoms with E-state index in [1.54, 1.807) is 13.1 Å². The van der Waals surface area contributed by atoms with Gasteiger partial charge < -0.3 is 10.2 Å². The van der Waals surface area contributed by atoms with E-state index >= 15 is 0 Å². The highest BCUT2D eigenvalue weighted by Crippen LogP contribution is 2.33. The minimum Gasteiger partial charge on any atom is -0.369 e. The summed E-state index contributed by atoms with van der Waals surface area (Å²) in [5.41, 5.74) is 5.06. The summed E-state index contributed by atoms with van der Waals surface area (Å²) in [4.78, 5) is 14.4. The molecular weight excluding hydrogens is 429 g/mol. The Morgan fingerprint density at radius 2 is 1.94 bits per heavy atom. The molecule has 0 unspecified atom stereocenters. The Hall–Kier alpha value is -3.10. The highest BCUT2D eigenvalue weighted by molar-refractivity contribution is 5.98. The number of aromatic nitrogens is 4. The van der Waals surface area contributed by atoms with E-state index in [1.165, 1.54) is 31.9 Å². The number of fused-ring (bicyclic) bond motifs is 4. The third-order valence-corrected chi connectivity index (χ3v) is 8.05. The van der Waals surface area contributed by atoms with Crippen molar-refractivity contribution in [3.63, 3.8) is 0 Å². The van der Waals surface area contributed by atoms with Crippen molar-refractivity contribution in [1.29, 1.82) is 0 Å². The van der Waals surface area contributed by atoms with Gasteiger partial charge in [-0.25, -0.2) is 13.9 Å². The maximum absolute atomic E-state index is 14.1. The van der Waals surface area contributed by atoms with Crippen LogP contribution in [0.4, 0.5) is 10.1 Å². The molecule has 34 heavy (non-hydrogen) atoms. The number of nitrogens with one attached hydrogen (secondary N) is 1. The van der Waals surface area contributed by atoms with E-state index in [0.29, 0.717) is 23.2 Å². The van der Waals surface area contributed by atoms with E-state index in [1.807, 2.05) is 29.0 Å². The second-order valence-corrected chi connectivity index (χ2v) is 10.0. The van der Waals surface area contributed by atoms with Crippen molar-refractivity contribution in [2.75, 3.05) is 31.1 Å². The number of hydrogen-bond donors (Lipinski definition) is 1. The molecule has 2 bridgehead atoms. The first-order chi connectivity index (χ1) is 16.6. The molecule has 7 rings (SSSR count). The van der Waals surface area contributed by atoms with Crippen LogP contribution in [0.15, 0.2) is 43.0 Å². The SMILES string of the molecule is Cc1cc2c(-c3cnn4cc(N5CCC(N6C[C@H]7C[C@@H]6CN7)CC5)cnc34)ccnc2cc1F. The maximum Gasteiger partial charge on any atom is 0.162 e. The Bertz CT molecular complexity index is 1390. The Morgan fingerprint density at radius 1 is 1.06 bits per heavy atom. The zero-order chi connectivity index (χ0) is 22.8. The largest absolute Gasteiger partial charge is 0.369 e. The van der Waals surface area contributed by atoms with Gasteiger partial charge in [-0.15, -0.1) is 0 Å². The Morgan fingerprint density at radius 3 is 2.74 bits per heavy atom. The maximum atomic E-state index is 14.1. The van der Waals surface area contributed by atoms with E-state index in [4.69, 9.17) is 4.98 Å². The van der Waals surface area contributed by atoms with Crippen molar-refractivity contribution in [3.05, 3.63) is 54.4 Å². The molecule has 7 nitrogen and oxygen atoms in total. The van der Waals surface area contributed by atoms with Crippen molar-refractivity contribution >= 4 is 22.2 Å². The molecule has 8 heteroatoms. The highest BCUT2D eigenvalue weighted by Gasteiger charge is 2.41. The first-order valence-electron chi connectivity index (χ1n) is 12.3. The topological polar surface area (TPSA) is 61.6 Å². The first-order valence-corrected chi connectivity index (χ1v) is 12.3. The molecule has 0 aliphatic carbocycles. The van der Waals surface area contributed by atoms with E-state index in [9.17, 15) is 4.39 Å². The fraction of sp³-hybridized carbons (Fsp3) is 0.423. The number of pyridine rings is 1. The molecule has 2 atom stereocenters. The molecule has 3 saturated heterocycles.